The maximum Gasteiger partial charge on any atom is 0.412 e. The highest BCUT2D eigenvalue weighted by Crippen LogP contribution is 2.05. The van der Waals surface area contributed by atoms with Crippen LogP contribution in [-0.4, -0.2) is 35.7 Å². The quantitative estimate of drug-likeness (QED) is 0.518. The highest BCUT2D eigenvalue weighted by molar-refractivity contribution is 5.83. The largest absolute Gasteiger partial charge is 0.480 e. The van der Waals surface area contributed by atoms with Crippen LogP contribution in [0.4, 0.5) is 4.79 Å². The molecule has 0 aliphatic heterocycles. The maximum absolute atomic E-state index is 10.9. The van der Waals surface area contributed by atoms with Crippen LogP contribution in [0.1, 0.15) is 20.8 Å². The number of aliphatic carboxylic acids is 1. The second-order valence-corrected chi connectivity index (χ2v) is 3.51. The molecule has 0 aromatic heterocycles. The van der Waals surface area contributed by atoms with E-state index in [0.29, 0.717) is 0 Å². The van der Waals surface area contributed by atoms with Crippen LogP contribution in [0.2, 0.25) is 0 Å². The van der Waals surface area contributed by atoms with Crippen molar-refractivity contribution in [3.05, 3.63) is 0 Å². The predicted octanol–water partition coefficient (Wildman–Crippen LogP) is 0.624. The number of carbonyl (C=O) groups is 2. The van der Waals surface area contributed by atoms with E-state index in [2.05, 4.69) is 10.3 Å². The number of carboxylic acids is 1. The Balaban J connectivity index is 3.75. The summed E-state index contributed by atoms with van der Waals surface area (Å²) >= 11 is 0. The zero-order valence-electron chi connectivity index (χ0n) is 8.40. The number of hydrogen-bond acceptors (Lipinski definition) is 4. The second-order valence-electron chi connectivity index (χ2n) is 3.51. The van der Waals surface area contributed by atoms with Crippen molar-refractivity contribution in [1.82, 2.24) is 5.32 Å². The molecule has 0 spiro atoms. The molecule has 0 rings (SSSR count). The number of aliphatic imine (C=N–C) groups is 1. The third-order valence-corrected chi connectivity index (χ3v) is 0.899. The zero-order valence-corrected chi connectivity index (χ0v) is 8.40. The average molecular weight is 202 g/mol. The van der Waals surface area contributed by atoms with Gasteiger partial charge in [0.05, 0.1) is 6.34 Å². The topological polar surface area (TPSA) is 88.0 Å². The van der Waals surface area contributed by atoms with Crippen LogP contribution >= 0.6 is 0 Å². The molecule has 0 aromatic carbocycles. The number of ether oxygens (including phenoxy) is 1. The molecule has 1 amide bonds. The van der Waals surface area contributed by atoms with Crippen molar-refractivity contribution < 1.29 is 19.4 Å². The minimum Gasteiger partial charge on any atom is -0.480 e. The summed E-state index contributed by atoms with van der Waals surface area (Å²) in [7, 11) is 0. The minimum absolute atomic E-state index is 0.379. The van der Waals surface area contributed by atoms with Crippen molar-refractivity contribution >= 4 is 18.4 Å². The molecule has 0 heterocycles. The van der Waals surface area contributed by atoms with E-state index in [1.165, 1.54) is 0 Å². The number of carbonyl (C=O) groups excluding carboxylic acids is 1. The first kappa shape index (κ1) is 12.4. The zero-order chi connectivity index (χ0) is 11.2. The number of rotatable bonds is 3. The van der Waals surface area contributed by atoms with Gasteiger partial charge in [-0.25, -0.2) is 4.79 Å². The first-order valence-electron chi connectivity index (χ1n) is 4.01. The summed E-state index contributed by atoms with van der Waals surface area (Å²) in [6, 6.07) is 0. The fraction of sp³-hybridized carbons (Fsp3) is 0.625. The summed E-state index contributed by atoms with van der Waals surface area (Å²) in [4.78, 5) is 24.4. The Kier molecular flexibility index (Phi) is 4.62. The summed E-state index contributed by atoms with van der Waals surface area (Å²) in [5, 5.41) is 10.4. The lowest BCUT2D eigenvalue weighted by atomic mass is 10.2. The van der Waals surface area contributed by atoms with Gasteiger partial charge >= 0.3 is 12.1 Å². The molecular weight excluding hydrogens is 188 g/mol. The van der Waals surface area contributed by atoms with E-state index in [-0.39, 0.29) is 6.54 Å². The summed E-state index contributed by atoms with van der Waals surface area (Å²) < 4.78 is 4.86. The Labute approximate surface area is 82.0 Å². The van der Waals surface area contributed by atoms with Gasteiger partial charge in [0, 0.05) is 0 Å². The Morgan fingerprint density at radius 3 is 2.50 bits per heavy atom. The lowest BCUT2D eigenvalue weighted by Crippen LogP contribution is -2.31. The Morgan fingerprint density at radius 1 is 1.50 bits per heavy atom. The highest BCUT2D eigenvalue weighted by Gasteiger charge is 2.14. The molecule has 0 aliphatic rings. The summed E-state index contributed by atoms with van der Waals surface area (Å²) in [5.41, 5.74) is -0.579. The molecule has 6 nitrogen and oxygen atoms in total. The van der Waals surface area contributed by atoms with E-state index in [1.807, 2.05) is 0 Å². The van der Waals surface area contributed by atoms with Gasteiger partial charge in [-0.1, -0.05) is 0 Å². The molecule has 0 bridgehead atoms. The molecule has 0 radical (unpaired) electrons. The van der Waals surface area contributed by atoms with Gasteiger partial charge in [-0.05, 0) is 20.8 Å². The fourth-order valence-corrected chi connectivity index (χ4v) is 0.530. The molecule has 6 heteroatoms. The van der Waals surface area contributed by atoms with Crippen molar-refractivity contribution in [2.45, 2.75) is 26.4 Å². The van der Waals surface area contributed by atoms with E-state index in [0.717, 1.165) is 6.34 Å². The lowest BCUT2D eigenvalue weighted by Gasteiger charge is -2.18. The van der Waals surface area contributed by atoms with E-state index in [1.54, 1.807) is 20.8 Å². The SMILES string of the molecule is CC(C)(C)OC(=O)NC=NCC(=O)O. The van der Waals surface area contributed by atoms with Gasteiger partial charge in [0.15, 0.2) is 0 Å². The van der Waals surface area contributed by atoms with Crippen LogP contribution in [0.3, 0.4) is 0 Å². The second kappa shape index (κ2) is 5.21. The molecule has 0 aliphatic carbocycles. The molecule has 0 atom stereocenters. The Hall–Kier alpha value is -1.59. The van der Waals surface area contributed by atoms with Crippen LogP contribution in [0.25, 0.3) is 0 Å². The van der Waals surface area contributed by atoms with Crippen molar-refractivity contribution in [1.29, 1.82) is 0 Å². The monoisotopic (exact) mass is 202 g/mol. The normalized spacial score (nSPS) is 11.4. The van der Waals surface area contributed by atoms with E-state index >= 15 is 0 Å². The van der Waals surface area contributed by atoms with Crippen LogP contribution in [0.15, 0.2) is 4.99 Å². The summed E-state index contributed by atoms with van der Waals surface area (Å²) in [6.45, 7) is 4.79. The summed E-state index contributed by atoms with van der Waals surface area (Å²) in [5.74, 6) is -1.06. The number of amides is 1. The van der Waals surface area contributed by atoms with Crippen LogP contribution < -0.4 is 5.32 Å². The third kappa shape index (κ3) is 8.51. The molecule has 0 saturated heterocycles. The third-order valence-electron chi connectivity index (χ3n) is 0.899. The Morgan fingerprint density at radius 2 is 2.07 bits per heavy atom. The molecule has 0 aromatic rings. The average Bonchev–Trinajstić information content (AvgIpc) is 1.94. The van der Waals surface area contributed by atoms with Gasteiger partial charge in [-0.15, -0.1) is 0 Å². The fourth-order valence-electron chi connectivity index (χ4n) is 0.530. The molecular formula is C8H14N2O4. The van der Waals surface area contributed by atoms with Gasteiger partial charge in [0.2, 0.25) is 0 Å². The van der Waals surface area contributed by atoms with Gasteiger partial charge in [-0.2, -0.15) is 0 Å². The first-order valence-corrected chi connectivity index (χ1v) is 4.01. The molecule has 14 heavy (non-hydrogen) atoms. The van der Waals surface area contributed by atoms with Crippen molar-refractivity contribution in [3.8, 4) is 0 Å². The number of alkyl carbamates (subject to hydrolysis) is 1. The molecule has 0 saturated carbocycles. The number of carboxylic acid groups (broad SMARTS) is 1. The molecule has 80 valence electrons. The molecule has 2 N–H and O–H groups in total. The van der Waals surface area contributed by atoms with E-state index < -0.39 is 17.7 Å². The maximum atomic E-state index is 10.9. The van der Waals surface area contributed by atoms with Gasteiger partial charge in [0.25, 0.3) is 0 Å². The van der Waals surface area contributed by atoms with Gasteiger partial charge in [0.1, 0.15) is 12.1 Å². The Bertz CT molecular complexity index is 242. The van der Waals surface area contributed by atoms with Crippen molar-refractivity contribution in [2.24, 2.45) is 4.99 Å². The standard InChI is InChI=1S/C8H14N2O4/c1-8(2,3)14-7(13)10-5-9-4-6(11)12/h5H,4H2,1-3H3,(H,11,12)(H,9,10,13). The van der Waals surface area contributed by atoms with Crippen LogP contribution in [-0.2, 0) is 9.53 Å². The van der Waals surface area contributed by atoms with E-state index in [9.17, 15) is 9.59 Å². The predicted molar refractivity (Wildman–Crippen MR) is 50.4 cm³/mol. The lowest BCUT2D eigenvalue weighted by molar-refractivity contribution is -0.135. The minimum atomic E-state index is -1.06. The molecule has 0 unspecified atom stereocenters. The van der Waals surface area contributed by atoms with E-state index in [4.69, 9.17) is 9.84 Å². The summed E-state index contributed by atoms with van der Waals surface area (Å²) in [6.07, 6.45) is 0.342. The van der Waals surface area contributed by atoms with Gasteiger partial charge < -0.3 is 9.84 Å². The number of nitrogens with zero attached hydrogens (tertiary/aromatic N) is 1. The van der Waals surface area contributed by atoms with Crippen molar-refractivity contribution in [2.75, 3.05) is 6.54 Å². The number of hydrogen-bond donors (Lipinski definition) is 2. The van der Waals surface area contributed by atoms with Crippen LogP contribution in [0, 0.1) is 0 Å². The van der Waals surface area contributed by atoms with Crippen molar-refractivity contribution in [3.63, 3.8) is 0 Å². The first-order chi connectivity index (χ1) is 6.31. The number of nitrogens with one attached hydrogen (secondary N) is 1. The molecule has 0 fully saturated rings. The smallest absolute Gasteiger partial charge is 0.412 e. The van der Waals surface area contributed by atoms with Crippen LogP contribution in [0.5, 0.6) is 0 Å². The highest BCUT2D eigenvalue weighted by atomic mass is 16.6. The van der Waals surface area contributed by atoms with Gasteiger partial charge in [-0.3, -0.25) is 15.1 Å².